The minimum atomic E-state index is 0.275. The summed E-state index contributed by atoms with van der Waals surface area (Å²) in [5, 5.41) is 18.8. The minimum Gasteiger partial charge on any atom is -0.508 e. The van der Waals surface area contributed by atoms with Gasteiger partial charge >= 0.3 is 0 Å². The molecule has 18 heavy (non-hydrogen) atoms. The number of benzene rings is 1. The molecule has 3 unspecified atom stereocenters. The smallest absolute Gasteiger partial charge is 0.115 e. The van der Waals surface area contributed by atoms with E-state index in [4.69, 9.17) is 0 Å². The molecule has 0 fully saturated rings. The molecule has 2 rings (SSSR count). The van der Waals surface area contributed by atoms with E-state index in [1.807, 2.05) is 12.1 Å². The Morgan fingerprint density at radius 2 is 1.89 bits per heavy atom. The highest BCUT2D eigenvalue weighted by Crippen LogP contribution is 2.41. The van der Waals surface area contributed by atoms with Crippen LogP contribution in [0.25, 0.3) is 5.57 Å². The first-order valence-electron chi connectivity index (χ1n) is 6.77. The molecule has 0 saturated carbocycles. The van der Waals surface area contributed by atoms with Gasteiger partial charge in [-0.25, -0.2) is 0 Å². The fraction of sp³-hybridized carbons (Fsp3) is 0.500. The van der Waals surface area contributed by atoms with Crippen molar-refractivity contribution in [3.8, 4) is 5.75 Å². The van der Waals surface area contributed by atoms with Crippen LogP contribution in [0.2, 0.25) is 0 Å². The molecule has 0 saturated heterocycles. The number of aliphatic hydroxyl groups excluding tert-OH is 1. The number of phenols is 1. The van der Waals surface area contributed by atoms with Crippen molar-refractivity contribution in [1.82, 2.24) is 0 Å². The van der Waals surface area contributed by atoms with Crippen LogP contribution in [0.5, 0.6) is 5.75 Å². The van der Waals surface area contributed by atoms with Crippen molar-refractivity contribution in [2.75, 3.05) is 6.61 Å². The fourth-order valence-electron chi connectivity index (χ4n) is 3.07. The van der Waals surface area contributed by atoms with Crippen molar-refractivity contribution < 1.29 is 10.2 Å². The first-order chi connectivity index (χ1) is 8.67. The van der Waals surface area contributed by atoms with Crippen LogP contribution in [-0.4, -0.2) is 16.8 Å². The molecular formula is C16H22O2. The van der Waals surface area contributed by atoms with Crippen molar-refractivity contribution in [3.63, 3.8) is 0 Å². The van der Waals surface area contributed by atoms with Gasteiger partial charge in [0.1, 0.15) is 5.75 Å². The summed E-state index contributed by atoms with van der Waals surface area (Å²) in [6.45, 7) is 4.72. The molecule has 2 heteroatoms. The first kappa shape index (κ1) is 13.2. The number of rotatable bonds is 3. The number of hydrogen-bond donors (Lipinski definition) is 2. The summed E-state index contributed by atoms with van der Waals surface area (Å²) in [4.78, 5) is 0. The summed E-state index contributed by atoms with van der Waals surface area (Å²) in [5.74, 6) is 1.70. The van der Waals surface area contributed by atoms with Crippen molar-refractivity contribution >= 4 is 5.57 Å². The van der Waals surface area contributed by atoms with E-state index in [-0.39, 0.29) is 6.61 Å². The number of hydrogen-bond acceptors (Lipinski definition) is 2. The van der Waals surface area contributed by atoms with Gasteiger partial charge < -0.3 is 10.2 Å². The lowest BCUT2D eigenvalue weighted by atomic mass is 9.70. The van der Waals surface area contributed by atoms with E-state index >= 15 is 0 Å². The Kier molecular flexibility index (Phi) is 4.07. The summed E-state index contributed by atoms with van der Waals surface area (Å²) in [7, 11) is 0. The van der Waals surface area contributed by atoms with Gasteiger partial charge in [-0.3, -0.25) is 0 Å². The lowest BCUT2D eigenvalue weighted by Crippen LogP contribution is -2.27. The Morgan fingerprint density at radius 3 is 2.44 bits per heavy atom. The van der Waals surface area contributed by atoms with E-state index in [1.165, 1.54) is 11.1 Å². The molecule has 98 valence electrons. The molecule has 2 N–H and O–H groups in total. The third kappa shape index (κ3) is 2.44. The molecular weight excluding hydrogens is 224 g/mol. The molecule has 0 aliphatic heterocycles. The molecule has 0 radical (unpaired) electrons. The van der Waals surface area contributed by atoms with Gasteiger partial charge in [-0.1, -0.05) is 32.1 Å². The Labute approximate surface area is 109 Å². The van der Waals surface area contributed by atoms with Gasteiger partial charge in [-0.05, 0) is 53.9 Å². The van der Waals surface area contributed by atoms with Gasteiger partial charge in [0.15, 0.2) is 0 Å². The van der Waals surface area contributed by atoms with E-state index in [0.717, 1.165) is 12.8 Å². The van der Waals surface area contributed by atoms with Crippen LogP contribution in [0, 0.1) is 17.8 Å². The van der Waals surface area contributed by atoms with Crippen molar-refractivity contribution in [1.29, 1.82) is 0 Å². The van der Waals surface area contributed by atoms with Crippen molar-refractivity contribution in [2.24, 2.45) is 17.8 Å². The average Bonchev–Trinajstić information content (AvgIpc) is 2.39. The monoisotopic (exact) mass is 246 g/mol. The number of allylic oxidation sites excluding steroid dienone is 2. The van der Waals surface area contributed by atoms with Gasteiger partial charge in [0.25, 0.3) is 0 Å². The normalized spacial score (nSPS) is 27.9. The predicted octanol–water partition coefficient (Wildman–Crippen LogP) is 3.45. The highest BCUT2D eigenvalue weighted by atomic mass is 16.3. The summed E-state index contributed by atoms with van der Waals surface area (Å²) < 4.78 is 0. The molecule has 0 heterocycles. The Bertz CT molecular complexity index is 419. The summed E-state index contributed by atoms with van der Waals surface area (Å²) in [6.07, 6.45) is 4.30. The molecule has 1 aliphatic rings. The number of aromatic hydroxyl groups is 1. The maximum Gasteiger partial charge on any atom is 0.115 e. The van der Waals surface area contributed by atoms with E-state index in [1.54, 1.807) is 12.1 Å². The lowest BCUT2D eigenvalue weighted by molar-refractivity contribution is 0.156. The zero-order valence-corrected chi connectivity index (χ0v) is 11.1. The molecule has 1 aromatic rings. The van der Waals surface area contributed by atoms with E-state index in [0.29, 0.717) is 23.5 Å². The molecule has 1 aromatic carbocycles. The van der Waals surface area contributed by atoms with Gasteiger partial charge in [0.2, 0.25) is 0 Å². The summed E-state index contributed by atoms with van der Waals surface area (Å²) in [6, 6.07) is 7.45. The largest absolute Gasteiger partial charge is 0.508 e. The Hall–Kier alpha value is -1.28. The Morgan fingerprint density at radius 1 is 1.22 bits per heavy atom. The molecule has 2 nitrogen and oxygen atoms in total. The van der Waals surface area contributed by atoms with Crippen LogP contribution >= 0.6 is 0 Å². The third-order valence-corrected chi connectivity index (χ3v) is 4.29. The van der Waals surface area contributed by atoms with Crippen LogP contribution < -0.4 is 0 Å². The summed E-state index contributed by atoms with van der Waals surface area (Å²) >= 11 is 0. The molecule has 0 amide bonds. The van der Waals surface area contributed by atoms with Crippen LogP contribution in [0.1, 0.15) is 32.3 Å². The quantitative estimate of drug-likeness (QED) is 0.857. The zero-order chi connectivity index (χ0) is 13.1. The molecule has 0 spiro atoms. The van der Waals surface area contributed by atoms with Crippen LogP contribution in [0.3, 0.4) is 0 Å². The van der Waals surface area contributed by atoms with Crippen LogP contribution in [0.4, 0.5) is 0 Å². The molecule has 3 atom stereocenters. The highest BCUT2D eigenvalue weighted by molar-refractivity contribution is 5.69. The highest BCUT2D eigenvalue weighted by Gasteiger charge is 2.30. The van der Waals surface area contributed by atoms with Gasteiger partial charge in [-0.15, -0.1) is 0 Å². The first-order valence-corrected chi connectivity index (χ1v) is 6.77. The van der Waals surface area contributed by atoms with Gasteiger partial charge in [-0.2, -0.15) is 0 Å². The SMILES string of the molecule is CCC1C(c2ccc(O)cc2)=CCC(CO)C1C. The standard InChI is InChI=1S/C16H22O2/c1-3-15-11(2)13(10-17)6-9-16(15)12-4-7-14(18)8-5-12/h4-5,7-9,11,13,15,17-18H,3,6,10H2,1-2H3. The lowest BCUT2D eigenvalue weighted by Gasteiger charge is -2.35. The van der Waals surface area contributed by atoms with E-state index < -0.39 is 0 Å². The van der Waals surface area contributed by atoms with Crippen LogP contribution in [-0.2, 0) is 0 Å². The number of phenolic OH excluding ortho intramolecular Hbond substituents is 1. The van der Waals surface area contributed by atoms with Gasteiger partial charge in [0.05, 0.1) is 0 Å². The maximum atomic E-state index is 9.41. The molecule has 0 bridgehead atoms. The van der Waals surface area contributed by atoms with E-state index in [9.17, 15) is 10.2 Å². The Balaban J connectivity index is 2.31. The number of aliphatic hydroxyl groups is 1. The van der Waals surface area contributed by atoms with E-state index in [2.05, 4.69) is 19.9 Å². The third-order valence-electron chi connectivity index (χ3n) is 4.29. The maximum absolute atomic E-state index is 9.41. The van der Waals surface area contributed by atoms with Gasteiger partial charge in [0, 0.05) is 6.61 Å². The second-order valence-electron chi connectivity index (χ2n) is 5.26. The second-order valence-corrected chi connectivity index (χ2v) is 5.26. The van der Waals surface area contributed by atoms with Crippen molar-refractivity contribution in [3.05, 3.63) is 35.9 Å². The topological polar surface area (TPSA) is 40.5 Å². The molecule has 0 aromatic heterocycles. The van der Waals surface area contributed by atoms with Crippen LogP contribution in [0.15, 0.2) is 30.3 Å². The average molecular weight is 246 g/mol. The van der Waals surface area contributed by atoms with Crippen molar-refractivity contribution in [2.45, 2.75) is 26.7 Å². The zero-order valence-electron chi connectivity index (χ0n) is 11.1. The summed E-state index contributed by atoms with van der Waals surface area (Å²) in [5.41, 5.74) is 2.57. The molecule has 1 aliphatic carbocycles. The minimum absolute atomic E-state index is 0.275. The second kappa shape index (κ2) is 5.57. The fourth-order valence-corrected chi connectivity index (χ4v) is 3.07. The predicted molar refractivity (Wildman–Crippen MR) is 74.2 cm³/mol.